The van der Waals surface area contributed by atoms with Gasteiger partial charge in [-0.2, -0.15) is 0 Å². The van der Waals surface area contributed by atoms with Gasteiger partial charge in [-0.15, -0.1) is 0 Å². The number of hydrogen-bond donors (Lipinski definition) is 3. The molecule has 4 nitrogen and oxygen atoms in total. The Labute approximate surface area is 119 Å². The number of nitrogens with one attached hydrogen (secondary N) is 1. The Morgan fingerprint density at radius 2 is 2.00 bits per heavy atom. The molecule has 0 radical (unpaired) electrons. The molecule has 2 aromatic carbocycles. The molecule has 1 amide bonds. The van der Waals surface area contributed by atoms with Crippen LogP contribution in [0.4, 0.5) is 11.4 Å². The molecule has 19 heavy (non-hydrogen) atoms. The lowest BCUT2D eigenvalue weighted by Crippen LogP contribution is -2.12. The number of phenolic OH excluding ortho intramolecular Hbond substituents is 1. The molecule has 0 unspecified atom stereocenters. The molecule has 4 N–H and O–H groups in total. The summed E-state index contributed by atoms with van der Waals surface area (Å²) in [7, 11) is 0. The van der Waals surface area contributed by atoms with Gasteiger partial charge in [-0.05, 0) is 52.7 Å². The maximum absolute atomic E-state index is 12.1. The number of halogens is 1. The monoisotopic (exact) mass is 320 g/mol. The summed E-state index contributed by atoms with van der Waals surface area (Å²) >= 11 is 3.38. The van der Waals surface area contributed by atoms with Crippen molar-refractivity contribution >= 4 is 33.2 Å². The summed E-state index contributed by atoms with van der Waals surface area (Å²) in [5.74, 6) is -0.525. The summed E-state index contributed by atoms with van der Waals surface area (Å²) in [6.45, 7) is 1.96. The molecule has 0 saturated carbocycles. The van der Waals surface area contributed by atoms with Gasteiger partial charge in [-0.3, -0.25) is 4.79 Å². The number of carbonyl (C=O) groups is 1. The number of aromatic hydroxyl groups is 1. The topological polar surface area (TPSA) is 75.4 Å². The summed E-state index contributed by atoms with van der Waals surface area (Å²) in [5.41, 5.74) is 7.84. The fraction of sp³-hybridized carbons (Fsp3) is 0.0714. The van der Waals surface area contributed by atoms with E-state index in [-0.39, 0.29) is 17.2 Å². The average Bonchev–Trinajstić information content (AvgIpc) is 2.32. The Kier molecular flexibility index (Phi) is 3.76. The van der Waals surface area contributed by atoms with Crippen LogP contribution in [0.2, 0.25) is 0 Å². The van der Waals surface area contributed by atoms with E-state index in [2.05, 4.69) is 21.2 Å². The molecule has 0 aromatic heterocycles. The van der Waals surface area contributed by atoms with E-state index in [1.807, 2.05) is 19.1 Å². The minimum Gasteiger partial charge on any atom is -0.507 e. The molecule has 2 rings (SSSR count). The third kappa shape index (κ3) is 3.06. The molecular formula is C14H13BrN2O2. The minimum absolute atomic E-state index is 0.138. The van der Waals surface area contributed by atoms with Gasteiger partial charge < -0.3 is 16.2 Å². The van der Waals surface area contributed by atoms with Crippen LogP contribution in [0.25, 0.3) is 0 Å². The van der Waals surface area contributed by atoms with Gasteiger partial charge in [-0.25, -0.2) is 0 Å². The van der Waals surface area contributed by atoms with E-state index in [1.54, 1.807) is 12.1 Å². The number of nitrogens with two attached hydrogens (primary N) is 1. The molecule has 5 heteroatoms. The van der Waals surface area contributed by atoms with Crippen molar-refractivity contribution in [1.82, 2.24) is 0 Å². The van der Waals surface area contributed by atoms with Crippen molar-refractivity contribution in [1.29, 1.82) is 0 Å². The maximum Gasteiger partial charge on any atom is 0.259 e. The average molecular weight is 321 g/mol. The van der Waals surface area contributed by atoms with Crippen molar-refractivity contribution in [2.45, 2.75) is 6.92 Å². The van der Waals surface area contributed by atoms with Crippen molar-refractivity contribution in [3.8, 4) is 5.75 Å². The van der Waals surface area contributed by atoms with Crippen molar-refractivity contribution in [2.24, 2.45) is 0 Å². The highest BCUT2D eigenvalue weighted by molar-refractivity contribution is 9.10. The Morgan fingerprint density at radius 1 is 1.26 bits per heavy atom. The number of nitrogen functional groups attached to an aromatic ring is 1. The Balaban J connectivity index is 2.25. The quantitative estimate of drug-likeness (QED) is 0.743. The van der Waals surface area contributed by atoms with Gasteiger partial charge in [0.2, 0.25) is 0 Å². The van der Waals surface area contributed by atoms with Crippen molar-refractivity contribution in [3.05, 3.63) is 52.0 Å². The standard InChI is InChI=1S/C14H13BrN2O2/c1-8-2-5-12(11(15)6-8)17-14(19)10-4-3-9(16)7-13(10)18/h2-7,18H,16H2,1H3,(H,17,19). The predicted octanol–water partition coefficient (Wildman–Crippen LogP) is 3.30. The molecule has 0 atom stereocenters. The van der Waals surface area contributed by atoms with E-state index in [0.717, 1.165) is 10.0 Å². The second-order valence-electron chi connectivity index (χ2n) is 4.21. The SMILES string of the molecule is Cc1ccc(NC(=O)c2ccc(N)cc2O)c(Br)c1. The second kappa shape index (κ2) is 5.32. The Bertz CT molecular complexity index is 641. The predicted molar refractivity (Wildman–Crippen MR) is 79.4 cm³/mol. The zero-order valence-electron chi connectivity index (χ0n) is 10.3. The zero-order chi connectivity index (χ0) is 14.0. The minimum atomic E-state index is -0.387. The van der Waals surface area contributed by atoms with E-state index in [4.69, 9.17) is 5.73 Å². The second-order valence-corrected chi connectivity index (χ2v) is 5.07. The molecule has 0 aliphatic carbocycles. The van der Waals surface area contributed by atoms with Crippen LogP contribution in [-0.2, 0) is 0 Å². The van der Waals surface area contributed by atoms with Crippen LogP contribution in [0.1, 0.15) is 15.9 Å². The van der Waals surface area contributed by atoms with Gasteiger partial charge in [0.1, 0.15) is 5.75 Å². The van der Waals surface area contributed by atoms with E-state index >= 15 is 0 Å². The van der Waals surface area contributed by atoms with E-state index in [1.165, 1.54) is 12.1 Å². The number of anilines is 2. The highest BCUT2D eigenvalue weighted by Crippen LogP contribution is 2.26. The molecule has 0 saturated heterocycles. The molecule has 0 spiro atoms. The Morgan fingerprint density at radius 3 is 2.63 bits per heavy atom. The molecule has 2 aromatic rings. The third-order valence-electron chi connectivity index (χ3n) is 2.64. The zero-order valence-corrected chi connectivity index (χ0v) is 11.9. The maximum atomic E-state index is 12.1. The largest absolute Gasteiger partial charge is 0.507 e. The Hall–Kier alpha value is -2.01. The van der Waals surface area contributed by atoms with Crippen LogP contribution in [0, 0.1) is 6.92 Å². The fourth-order valence-corrected chi connectivity index (χ4v) is 2.24. The number of amides is 1. The first kappa shape index (κ1) is 13.4. The number of rotatable bonds is 2. The molecule has 0 fully saturated rings. The number of carbonyl (C=O) groups excluding carboxylic acids is 1. The van der Waals surface area contributed by atoms with Gasteiger partial charge in [0.15, 0.2) is 0 Å². The summed E-state index contributed by atoms with van der Waals surface area (Å²) in [6.07, 6.45) is 0. The fourth-order valence-electron chi connectivity index (χ4n) is 1.65. The molecule has 0 aliphatic heterocycles. The highest BCUT2D eigenvalue weighted by Gasteiger charge is 2.12. The van der Waals surface area contributed by atoms with Crippen LogP contribution in [0.15, 0.2) is 40.9 Å². The van der Waals surface area contributed by atoms with Gasteiger partial charge in [0, 0.05) is 16.2 Å². The van der Waals surface area contributed by atoms with Crippen LogP contribution in [0.3, 0.4) is 0 Å². The van der Waals surface area contributed by atoms with Gasteiger partial charge in [0.05, 0.1) is 11.3 Å². The summed E-state index contributed by atoms with van der Waals surface area (Å²) in [6, 6.07) is 9.99. The van der Waals surface area contributed by atoms with Gasteiger partial charge >= 0.3 is 0 Å². The third-order valence-corrected chi connectivity index (χ3v) is 3.30. The first-order valence-corrected chi connectivity index (χ1v) is 6.42. The van der Waals surface area contributed by atoms with Gasteiger partial charge in [0.25, 0.3) is 5.91 Å². The lowest BCUT2D eigenvalue weighted by molar-refractivity contribution is 0.102. The first-order chi connectivity index (χ1) is 8.97. The summed E-state index contributed by atoms with van der Waals surface area (Å²) in [5, 5.41) is 12.4. The summed E-state index contributed by atoms with van der Waals surface area (Å²) in [4.78, 5) is 12.1. The molecule has 0 bridgehead atoms. The number of aryl methyl sites for hydroxylation is 1. The first-order valence-electron chi connectivity index (χ1n) is 5.63. The van der Waals surface area contributed by atoms with E-state index < -0.39 is 0 Å². The lowest BCUT2D eigenvalue weighted by Gasteiger charge is -2.09. The summed E-state index contributed by atoms with van der Waals surface area (Å²) < 4.78 is 0.788. The van der Waals surface area contributed by atoms with Crippen LogP contribution in [0.5, 0.6) is 5.75 Å². The van der Waals surface area contributed by atoms with E-state index in [0.29, 0.717) is 11.4 Å². The van der Waals surface area contributed by atoms with Crippen molar-refractivity contribution in [3.63, 3.8) is 0 Å². The number of benzene rings is 2. The number of hydrogen-bond acceptors (Lipinski definition) is 3. The molecule has 0 aliphatic rings. The molecular weight excluding hydrogens is 308 g/mol. The molecule has 98 valence electrons. The van der Waals surface area contributed by atoms with Crippen LogP contribution < -0.4 is 11.1 Å². The van der Waals surface area contributed by atoms with Crippen LogP contribution >= 0.6 is 15.9 Å². The molecule has 0 heterocycles. The van der Waals surface area contributed by atoms with Crippen LogP contribution in [-0.4, -0.2) is 11.0 Å². The van der Waals surface area contributed by atoms with E-state index in [9.17, 15) is 9.90 Å². The van der Waals surface area contributed by atoms with Crippen molar-refractivity contribution < 1.29 is 9.90 Å². The lowest BCUT2D eigenvalue weighted by atomic mass is 10.1. The van der Waals surface area contributed by atoms with Gasteiger partial charge in [-0.1, -0.05) is 6.07 Å². The normalized spacial score (nSPS) is 10.2. The highest BCUT2D eigenvalue weighted by atomic mass is 79.9. The van der Waals surface area contributed by atoms with Crippen molar-refractivity contribution in [2.75, 3.05) is 11.1 Å². The smallest absolute Gasteiger partial charge is 0.259 e. The number of phenols is 1.